The summed E-state index contributed by atoms with van der Waals surface area (Å²) in [4.78, 5) is 0.0364. The number of hydrogen-bond acceptors (Lipinski definition) is 4. The van der Waals surface area contributed by atoms with Crippen molar-refractivity contribution in [3.05, 3.63) is 65.7 Å². The summed E-state index contributed by atoms with van der Waals surface area (Å²) in [6, 6.07) is 16.6. The third kappa shape index (κ3) is 3.52. The van der Waals surface area contributed by atoms with Crippen LogP contribution in [0.25, 0.3) is 0 Å². The number of hydrogen-bond donors (Lipinski definition) is 1. The topological polar surface area (TPSA) is 81.4 Å². The molecule has 0 bridgehead atoms. The van der Waals surface area contributed by atoms with Gasteiger partial charge in [-0.15, -0.1) is 0 Å². The number of aliphatic hydroxyl groups excluding tert-OH is 1. The van der Waals surface area contributed by atoms with Crippen LogP contribution in [0.15, 0.2) is 59.5 Å². The summed E-state index contributed by atoms with van der Waals surface area (Å²) in [5, 5.41) is 19.0. The highest BCUT2D eigenvalue weighted by Crippen LogP contribution is 2.19. The van der Waals surface area contributed by atoms with Crippen molar-refractivity contribution in [3.63, 3.8) is 0 Å². The number of sulfonamides is 1. The first-order chi connectivity index (χ1) is 10.4. The zero-order valence-electron chi connectivity index (χ0n) is 12.0. The molecule has 0 saturated heterocycles. The molecule has 114 valence electrons. The zero-order valence-corrected chi connectivity index (χ0v) is 12.9. The monoisotopic (exact) mass is 316 g/mol. The molecule has 2 aromatic carbocycles. The Morgan fingerprint density at radius 2 is 1.86 bits per heavy atom. The Morgan fingerprint density at radius 1 is 1.18 bits per heavy atom. The molecule has 0 fully saturated rings. The molecule has 2 rings (SSSR count). The van der Waals surface area contributed by atoms with E-state index in [0.29, 0.717) is 5.56 Å². The van der Waals surface area contributed by atoms with Gasteiger partial charge in [-0.1, -0.05) is 36.4 Å². The van der Waals surface area contributed by atoms with Crippen molar-refractivity contribution in [3.8, 4) is 6.07 Å². The van der Waals surface area contributed by atoms with E-state index >= 15 is 0 Å². The van der Waals surface area contributed by atoms with E-state index < -0.39 is 16.1 Å². The van der Waals surface area contributed by atoms with Gasteiger partial charge in [0.15, 0.2) is 0 Å². The van der Waals surface area contributed by atoms with Gasteiger partial charge < -0.3 is 5.11 Å². The Kier molecular flexibility index (Phi) is 4.93. The van der Waals surface area contributed by atoms with Crippen molar-refractivity contribution >= 4 is 10.0 Å². The molecule has 0 saturated carbocycles. The predicted octanol–water partition coefficient (Wildman–Crippen LogP) is 1.91. The number of benzene rings is 2. The van der Waals surface area contributed by atoms with Crippen LogP contribution in [0.3, 0.4) is 0 Å². The molecule has 0 aliphatic rings. The normalized spacial score (nSPS) is 12.8. The number of nitrogens with zero attached hydrogens (tertiary/aromatic N) is 2. The Morgan fingerprint density at radius 3 is 2.50 bits per heavy atom. The van der Waals surface area contributed by atoms with Crippen molar-refractivity contribution in [1.29, 1.82) is 5.26 Å². The number of aliphatic hydroxyl groups is 1. The largest absolute Gasteiger partial charge is 0.387 e. The Balaban J connectivity index is 2.20. The van der Waals surface area contributed by atoms with Crippen molar-refractivity contribution < 1.29 is 13.5 Å². The van der Waals surface area contributed by atoms with Crippen molar-refractivity contribution in [2.75, 3.05) is 13.6 Å². The molecule has 1 N–H and O–H groups in total. The van der Waals surface area contributed by atoms with Crippen molar-refractivity contribution in [2.45, 2.75) is 11.0 Å². The molecule has 2 aromatic rings. The fourth-order valence-electron chi connectivity index (χ4n) is 2.03. The molecule has 0 aliphatic carbocycles. The maximum absolute atomic E-state index is 12.5. The minimum Gasteiger partial charge on any atom is -0.387 e. The summed E-state index contributed by atoms with van der Waals surface area (Å²) in [6.07, 6.45) is -0.917. The summed E-state index contributed by atoms with van der Waals surface area (Å²) in [5.41, 5.74) is 0.924. The summed E-state index contributed by atoms with van der Waals surface area (Å²) >= 11 is 0. The molecule has 1 atom stereocenters. The summed E-state index contributed by atoms with van der Waals surface area (Å²) in [7, 11) is -2.35. The second-order valence-corrected chi connectivity index (χ2v) is 6.90. The molecule has 0 radical (unpaired) electrons. The molecule has 5 nitrogen and oxygen atoms in total. The van der Waals surface area contributed by atoms with Crippen LogP contribution in [-0.2, 0) is 10.0 Å². The van der Waals surface area contributed by atoms with E-state index in [0.717, 1.165) is 4.31 Å². The summed E-state index contributed by atoms with van der Waals surface area (Å²) < 4.78 is 26.0. The van der Waals surface area contributed by atoms with Crippen LogP contribution in [0.5, 0.6) is 0 Å². The predicted molar refractivity (Wildman–Crippen MR) is 82.4 cm³/mol. The molecular formula is C16H16N2O3S. The quantitative estimate of drug-likeness (QED) is 0.913. The first kappa shape index (κ1) is 16.2. The third-order valence-corrected chi connectivity index (χ3v) is 5.11. The lowest BCUT2D eigenvalue weighted by atomic mass is 10.1. The van der Waals surface area contributed by atoms with Gasteiger partial charge in [0.05, 0.1) is 22.6 Å². The maximum atomic E-state index is 12.5. The standard InChI is InChI=1S/C16H16N2O3S/c1-18(12-16(19)14-7-3-2-4-8-14)22(20,21)15-9-5-6-13(10-15)11-17/h2-10,16,19H,12H2,1H3. The average molecular weight is 316 g/mol. The van der Waals surface area contributed by atoms with Gasteiger partial charge in [0.1, 0.15) is 0 Å². The first-order valence-corrected chi connectivity index (χ1v) is 8.08. The molecule has 0 aromatic heterocycles. The summed E-state index contributed by atoms with van der Waals surface area (Å²) in [5.74, 6) is 0. The van der Waals surface area contributed by atoms with Gasteiger partial charge in [0.25, 0.3) is 0 Å². The second-order valence-electron chi connectivity index (χ2n) is 4.85. The highest BCUT2D eigenvalue weighted by Gasteiger charge is 2.23. The van der Waals surface area contributed by atoms with E-state index in [2.05, 4.69) is 0 Å². The highest BCUT2D eigenvalue weighted by atomic mass is 32.2. The van der Waals surface area contributed by atoms with Crippen LogP contribution in [0.1, 0.15) is 17.2 Å². The van der Waals surface area contributed by atoms with E-state index in [9.17, 15) is 13.5 Å². The fourth-order valence-corrected chi connectivity index (χ4v) is 3.25. The lowest BCUT2D eigenvalue weighted by Gasteiger charge is -2.21. The lowest BCUT2D eigenvalue weighted by molar-refractivity contribution is 0.155. The van der Waals surface area contributed by atoms with Gasteiger partial charge >= 0.3 is 0 Å². The van der Waals surface area contributed by atoms with Gasteiger partial charge in [-0.25, -0.2) is 8.42 Å². The summed E-state index contributed by atoms with van der Waals surface area (Å²) in [6.45, 7) is -0.0663. The zero-order chi connectivity index (χ0) is 16.2. The van der Waals surface area contributed by atoms with Crippen LogP contribution in [-0.4, -0.2) is 31.4 Å². The van der Waals surface area contributed by atoms with Crippen LogP contribution >= 0.6 is 0 Å². The fraction of sp³-hybridized carbons (Fsp3) is 0.188. The molecule has 0 heterocycles. The smallest absolute Gasteiger partial charge is 0.242 e. The van der Waals surface area contributed by atoms with Crippen LogP contribution in [0.4, 0.5) is 0 Å². The molecule has 1 unspecified atom stereocenters. The minimum absolute atomic E-state index is 0.0364. The number of likely N-dealkylation sites (N-methyl/N-ethyl adjacent to an activating group) is 1. The van der Waals surface area contributed by atoms with Gasteiger partial charge in [0.2, 0.25) is 10.0 Å². The van der Waals surface area contributed by atoms with Crippen LogP contribution < -0.4 is 0 Å². The SMILES string of the molecule is CN(CC(O)c1ccccc1)S(=O)(=O)c1cccc(C#N)c1. The van der Waals surface area contributed by atoms with Gasteiger partial charge in [-0.05, 0) is 23.8 Å². The van der Waals surface area contributed by atoms with E-state index in [4.69, 9.17) is 5.26 Å². The molecule has 22 heavy (non-hydrogen) atoms. The molecule has 0 spiro atoms. The second kappa shape index (κ2) is 6.71. The molecule has 0 aliphatic heterocycles. The highest BCUT2D eigenvalue weighted by molar-refractivity contribution is 7.89. The Bertz CT molecular complexity index is 783. The molecule has 6 heteroatoms. The maximum Gasteiger partial charge on any atom is 0.242 e. The van der Waals surface area contributed by atoms with Gasteiger partial charge in [-0.3, -0.25) is 0 Å². The molecule has 0 amide bonds. The van der Waals surface area contributed by atoms with E-state index in [1.807, 2.05) is 12.1 Å². The van der Waals surface area contributed by atoms with Crippen molar-refractivity contribution in [1.82, 2.24) is 4.31 Å². The number of rotatable bonds is 5. The minimum atomic E-state index is -3.75. The number of nitriles is 1. The van der Waals surface area contributed by atoms with E-state index in [-0.39, 0.29) is 17.0 Å². The Labute approximate surface area is 130 Å². The van der Waals surface area contributed by atoms with Crippen LogP contribution in [0, 0.1) is 11.3 Å². The Hall–Kier alpha value is -2.20. The first-order valence-electron chi connectivity index (χ1n) is 6.64. The van der Waals surface area contributed by atoms with Crippen molar-refractivity contribution in [2.24, 2.45) is 0 Å². The third-order valence-electron chi connectivity index (χ3n) is 3.29. The van der Waals surface area contributed by atoms with E-state index in [1.165, 1.54) is 31.3 Å². The molecular weight excluding hydrogens is 300 g/mol. The van der Waals surface area contributed by atoms with Crippen LogP contribution in [0.2, 0.25) is 0 Å². The van der Waals surface area contributed by atoms with E-state index in [1.54, 1.807) is 24.3 Å². The van der Waals surface area contributed by atoms with Gasteiger partial charge in [-0.2, -0.15) is 9.57 Å². The average Bonchev–Trinajstić information content (AvgIpc) is 2.55. The van der Waals surface area contributed by atoms with Gasteiger partial charge in [0, 0.05) is 13.6 Å². The lowest BCUT2D eigenvalue weighted by Crippen LogP contribution is -2.31.